The van der Waals surface area contributed by atoms with Crippen LogP contribution in [0.2, 0.25) is 5.02 Å². The van der Waals surface area contributed by atoms with Crippen LogP contribution < -0.4 is 10.1 Å². The standard InChI is InChI=1S/C16H18ClNOS/c1-11(12-4-7-14(20-3)8-5-12)18-16-10-13(19-2)6-9-15(16)17/h4-11,18H,1-3H3. The summed E-state index contributed by atoms with van der Waals surface area (Å²) in [5, 5.41) is 4.11. The van der Waals surface area contributed by atoms with Crippen LogP contribution in [0.4, 0.5) is 5.69 Å². The molecule has 1 unspecified atom stereocenters. The molecule has 1 N–H and O–H groups in total. The Morgan fingerprint density at radius 1 is 1.15 bits per heavy atom. The van der Waals surface area contributed by atoms with Crippen LogP contribution in [0.1, 0.15) is 18.5 Å². The Labute approximate surface area is 129 Å². The van der Waals surface area contributed by atoms with Gasteiger partial charge in [0.25, 0.3) is 0 Å². The van der Waals surface area contributed by atoms with Crippen LogP contribution in [0, 0.1) is 0 Å². The van der Waals surface area contributed by atoms with Crippen molar-refractivity contribution in [2.75, 3.05) is 18.7 Å². The fourth-order valence-corrected chi connectivity index (χ4v) is 2.53. The van der Waals surface area contributed by atoms with E-state index in [1.54, 1.807) is 18.9 Å². The average molecular weight is 308 g/mol. The number of hydrogen-bond acceptors (Lipinski definition) is 3. The first kappa shape index (κ1) is 15.1. The van der Waals surface area contributed by atoms with Crippen molar-refractivity contribution in [3.63, 3.8) is 0 Å². The van der Waals surface area contributed by atoms with Gasteiger partial charge < -0.3 is 10.1 Å². The van der Waals surface area contributed by atoms with E-state index < -0.39 is 0 Å². The van der Waals surface area contributed by atoms with E-state index in [4.69, 9.17) is 16.3 Å². The number of hydrogen-bond donors (Lipinski definition) is 1. The van der Waals surface area contributed by atoms with Crippen LogP contribution in [0.25, 0.3) is 0 Å². The number of halogens is 1. The third-order valence-corrected chi connectivity index (χ3v) is 4.23. The molecule has 0 spiro atoms. The minimum absolute atomic E-state index is 0.176. The van der Waals surface area contributed by atoms with Gasteiger partial charge in [0.1, 0.15) is 5.75 Å². The molecule has 4 heteroatoms. The highest BCUT2D eigenvalue weighted by molar-refractivity contribution is 7.98. The predicted octanol–water partition coefficient (Wildman–Crippen LogP) is 5.24. The summed E-state index contributed by atoms with van der Waals surface area (Å²) >= 11 is 7.95. The molecule has 0 saturated carbocycles. The maximum atomic E-state index is 6.21. The van der Waals surface area contributed by atoms with E-state index in [0.717, 1.165) is 11.4 Å². The van der Waals surface area contributed by atoms with Crippen LogP contribution in [-0.4, -0.2) is 13.4 Å². The zero-order chi connectivity index (χ0) is 14.5. The number of methoxy groups -OCH3 is 1. The second kappa shape index (κ2) is 6.91. The van der Waals surface area contributed by atoms with E-state index in [-0.39, 0.29) is 6.04 Å². The van der Waals surface area contributed by atoms with Gasteiger partial charge in [0, 0.05) is 17.0 Å². The Balaban J connectivity index is 2.15. The Bertz CT molecular complexity index is 571. The van der Waals surface area contributed by atoms with Crippen LogP contribution in [0.15, 0.2) is 47.4 Å². The molecular formula is C16H18ClNOS. The zero-order valence-corrected chi connectivity index (χ0v) is 13.4. The third kappa shape index (κ3) is 3.62. The molecule has 0 fully saturated rings. The number of nitrogens with one attached hydrogen (secondary N) is 1. The van der Waals surface area contributed by atoms with Crippen molar-refractivity contribution in [2.45, 2.75) is 17.9 Å². The van der Waals surface area contributed by atoms with Crippen LogP contribution in [-0.2, 0) is 0 Å². The first-order chi connectivity index (χ1) is 9.63. The van der Waals surface area contributed by atoms with Crippen LogP contribution >= 0.6 is 23.4 Å². The van der Waals surface area contributed by atoms with Crippen molar-refractivity contribution < 1.29 is 4.74 Å². The van der Waals surface area contributed by atoms with E-state index >= 15 is 0 Å². The molecule has 2 aromatic rings. The van der Waals surface area contributed by atoms with Gasteiger partial charge in [-0.1, -0.05) is 23.7 Å². The summed E-state index contributed by atoms with van der Waals surface area (Å²) in [6, 6.07) is 14.3. The van der Waals surface area contributed by atoms with Gasteiger partial charge in [-0.05, 0) is 43.0 Å². The molecule has 0 radical (unpaired) electrons. The second-order valence-electron chi connectivity index (χ2n) is 4.48. The topological polar surface area (TPSA) is 21.3 Å². The van der Waals surface area contributed by atoms with Crippen molar-refractivity contribution in [1.82, 2.24) is 0 Å². The molecule has 0 heterocycles. The third-order valence-electron chi connectivity index (χ3n) is 3.16. The Hall–Kier alpha value is -1.32. The molecule has 0 aliphatic carbocycles. The molecule has 2 aromatic carbocycles. The molecule has 2 nitrogen and oxygen atoms in total. The highest BCUT2D eigenvalue weighted by Crippen LogP contribution is 2.30. The lowest BCUT2D eigenvalue weighted by Gasteiger charge is -2.17. The average Bonchev–Trinajstić information content (AvgIpc) is 2.49. The lowest BCUT2D eigenvalue weighted by Crippen LogP contribution is -2.07. The van der Waals surface area contributed by atoms with E-state index in [0.29, 0.717) is 5.02 Å². The van der Waals surface area contributed by atoms with Crippen LogP contribution in [0.3, 0.4) is 0 Å². The monoisotopic (exact) mass is 307 g/mol. The highest BCUT2D eigenvalue weighted by Gasteiger charge is 2.09. The maximum Gasteiger partial charge on any atom is 0.121 e. The van der Waals surface area contributed by atoms with Crippen molar-refractivity contribution in [3.8, 4) is 5.75 Å². The molecule has 20 heavy (non-hydrogen) atoms. The van der Waals surface area contributed by atoms with Gasteiger partial charge in [-0.3, -0.25) is 0 Å². The van der Waals surface area contributed by atoms with Gasteiger partial charge in [-0.25, -0.2) is 0 Å². The second-order valence-corrected chi connectivity index (χ2v) is 5.77. The molecule has 0 saturated heterocycles. The van der Waals surface area contributed by atoms with Crippen molar-refractivity contribution >= 4 is 29.1 Å². The van der Waals surface area contributed by atoms with E-state index in [9.17, 15) is 0 Å². The minimum atomic E-state index is 0.176. The SMILES string of the molecule is COc1ccc(Cl)c(NC(C)c2ccc(SC)cc2)c1. The number of rotatable bonds is 5. The molecule has 2 rings (SSSR count). The number of ether oxygens (including phenoxy) is 1. The molecule has 0 bridgehead atoms. The lowest BCUT2D eigenvalue weighted by atomic mass is 10.1. The lowest BCUT2D eigenvalue weighted by molar-refractivity contribution is 0.415. The summed E-state index contributed by atoms with van der Waals surface area (Å²) in [6.45, 7) is 2.11. The fraction of sp³-hybridized carbons (Fsp3) is 0.250. The molecule has 106 valence electrons. The molecule has 0 amide bonds. The molecule has 1 atom stereocenters. The van der Waals surface area contributed by atoms with Gasteiger partial charge >= 0.3 is 0 Å². The normalized spacial score (nSPS) is 12.0. The van der Waals surface area contributed by atoms with E-state index in [1.807, 2.05) is 18.2 Å². The first-order valence-electron chi connectivity index (χ1n) is 6.38. The molecular weight excluding hydrogens is 290 g/mol. The first-order valence-corrected chi connectivity index (χ1v) is 7.98. The smallest absolute Gasteiger partial charge is 0.121 e. The van der Waals surface area contributed by atoms with Gasteiger partial charge in [-0.15, -0.1) is 11.8 Å². The molecule has 0 aliphatic rings. The van der Waals surface area contributed by atoms with Crippen LogP contribution in [0.5, 0.6) is 5.75 Å². The summed E-state index contributed by atoms with van der Waals surface area (Å²) < 4.78 is 5.23. The number of thioether (sulfide) groups is 1. The van der Waals surface area contributed by atoms with Crippen molar-refractivity contribution in [2.24, 2.45) is 0 Å². The Morgan fingerprint density at radius 3 is 2.45 bits per heavy atom. The molecule has 0 aliphatic heterocycles. The summed E-state index contributed by atoms with van der Waals surface area (Å²) in [5.74, 6) is 0.793. The summed E-state index contributed by atoms with van der Waals surface area (Å²) in [6.07, 6.45) is 2.08. The summed E-state index contributed by atoms with van der Waals surface area (Å²) in [7, 11) is 1.65. The van der Waals surface area contributed by atoms with Crippen molar-refractivity contribution in [1.29, 1.82) is 0 Å². The largest absolute Gasteiger partial charge is 0.497 e. The van der Waals surface area contributed by atoms with Gasteiger partial charge in [0.15, 0.2) is 0 Å². The molecule has 0 aromatic heterocycles. The maximum absolute atomic E-state index is 6.21. The predicted molar refractivity (Wildman–Crippen MR) is 88.3 cm³/mol. The Kier molecular flexibility index (Phi) is 5.21. The zero-order valence-electron chi connectivity index (χ0n) is 11.8. The van der Waals surface area contributed by atoms with Gasteiger partial charge in [0.05, 0.1) is 17.8 Å². The van der Waals surface area contributed by atoms with E-state index in [2.05, 4.69) is 42.8 Å². The minimum Gasteiger partial charge on any atom is -0.497 e. The van der Waals surface area contributed by atoms with Gasteiger partial charge in [0.2, 0.25) is 0 Å². The number of anilines is 1. The van der Waals surface area contributed by atoms with Gasteiger partial charge in [-0.2, -0.15) is 0 Å². The summed E-state index contributed by atoms with van der Waals surface area (Å²) in [4.78, 5) is 1.26. The van der Waals surface area contributed by atoms with E-state index in [1.165, 1.54) is 10.5 Å². The quantitative estimate of drug-likeness (QED) is 0.763. The highest BCUT2D eigenvalue weighted by atomic mass is 35.5. The Morgan fingerprint density at radius 2 is 1.85 bits per heavy atom. The number of benzene rings is 2. The fourth-order valence-electron chi connectivity index (χ4n) is 1.95. The van der Waals surface area contributed by atoms with Crippen molar-refractivity contribution in [3.05, 3.63) is 53.1 Å². The summed E-state index contributed by atoms with van der Waals surface area (Å²) in [5.41, 5.74) is 2.11.